The lowest BCUT2D eigenvalue weighted by Gasteiger charge is -2.25. The van der Waals surface area contributed by atoms with E-state index in [0.29, 0.717) is 11.8 Å². The van der Waals surface area contributed by atoms with Gasteiger partial charge in [-0.1, -0.05) is 25.0 Å². The molecule has 2 rings (SSSR count). The number of rotatable bonds is 7. The molecule has 3 heteroatoms. The molecule has 1 saturated carbocycles. The number of benzene rings is 1. The molecular formula is C17H28N2O. The van der Waals surface area contributed by atoms with Crippen LogP contribution in [-0.2, 0) is 6.42 Å². The van der Waals surface area contributed by atoms with Gasteiger partial charge in [0, 0.05) is 25.2 Å². The first-order valence-electron chi connectivity index (χ1n) is 7.86. The summed E-state index contributed by atoms with van der Waals surface area (Å²) in [7, 11) is 2.25. The molecule has 1 aliphatic rings. The maximum atomic E-state index is 9.28. The van der Waals surface area contributed by atoms with Crippen LogP contribution in [0.1, 0.15) is 38.2 Å². The molecule has 0 radical (unpaired) electrons. The Morgan fingerprint density at radius 2 is 1.90 bits per heavy atom. The van der Waals surface area contributed by atoms with Crippen LogP contribution in [0.3, 0.4) is 0 Å². The van der Waals surface area contributed by atoms with Gasteiger partial charge < -0.3 is 15.3 Å². The van der Waals surface area contributed by atoms with Gasteiger partial charge >= 0.3 is 0 Å². The standard InChI is InChI=1S/C17H28N2O/c1-14(13-15-7-9-17(20)10-8-15)18-11-12-19(2)16-5-3-4-6-16/h7-10,14,16,18,20H,3-6,11-13H2,1-2H3. The van der Waals surface area contributed by atoms with Gasteiger partial charge in [-0.25, -0.2) is 0 Å². The Bertz CT molecular complexity index is 384. The van der Waals surface area contributed by atoms with Crippen molar-refractivity contribution in [3.8, 4) is 5.75 Å². The molecule has 0 aliphatic heterocycles. The molecule has 1 aromatic carbocycles. The van der Waals surface area contributed by atoms with Crippen LogP contribution in [-0.4, -0.2) is 42.2 Å². The molecule has 1 aliphatic carbocycles. The number of aromatic hydroxyl groups is 1. The summed E-state index contributed by atoms with van der Waals surface area (Å²) in [5, 5.41) is 12.9. The summed E-state index contributed by atoms with van der Waals surface area (Å²) in [6.45, 7) is 4.40. The summed E-state index contributed by atoms with van der Waals surface area (Å²) >= 11 is 0. The Morgan fingerprint density at radius 3 is 2.55 bits per heavy atom. The molecule has 2 N–H and O–H groups in total. The minimum atomic E-state index is 0.340. The van der Waals surface area contributed by atoms with Crippen molar-refractivity contribution in [1.82, 2.24) is 10.2 Å². The third-order valence-corrected chi connectivity index (χ3v) is 4.38. The van der Waals surface area contributed by atoms with E-state index in [0.717, 1.165) is 25.6 Å². The average molecular weight is 276 g/mol. The smallest absolute Gasteiger partial charge is 0.115 e. The molecule has 0 amide bonds. The summed E-state index contributed by atoms with van der Waals surface area (Å²) < 4.78 is 0. The lowest BCUT2D eigenvalue weighted by molar-refractivity contribution is 0.242. The molecule has 0 bridgehead atoms. The largest absolute Gasteiger partial charge is 0.508 e. The average Bonchev–Trinajstić information content (AvgIpc) is 2.95. The van der Waals surface area contributed by atoms with Gasteiger partial charge in [0.15, 0.2) is 0 Å². The maximum absolute atomic E-state index is 9.28. The zero-order valence-corrected chi connectivity index (χ0v) is 12.8. The van der Waals surface area contributed by atoms with Gasteiger partial charge in [-0.2, -0.15) is 0 Å². The summed E-state index contributed by atoms with van der Waals surface area (Å²) in [6, 6.07) is 8.79. The highest BCUT2D eigenvalue weighted by atomic mass is 16.3. The molecule has 1 unspecified atom stereocenters. The monoisotopic (exact) mass is 276 g/mol. The first kappa shape index (κ1) is 15.3. The number of likely N-dealkylation sites (N-methyl/N-ethyl adjacent to an activating group) is 1. The van der Waals surface area contributed by atoms with Crippen molar-refractivity contribution in [3.05, 3.63) is 29.8 Å². The van der Waals surface area contributed by atoms with Gasteiger partial charge in [-0.15, -0.1) is 0 Å². The Balaban J connectivity index is 1.64. The van der Waals surface area contributed by atoms with Crippen LogP contribution in [0.25, 0.3) is 0 Å². The second kappa shape index (κ2) is 7.65. The van der Waals surface area contributed by atoms with Crippen molar-refractivity contribution in [1.29, 1.82) is 0 Å². The van der Waals surface area contributed by atoms with E-state index >= 15 is 0 Å². The highest BCUT2D eigenvalue weighted by Gasteiger charge is 2.18. The molecule has 0 saturated heterocycles. The fourth-order valence-corrected chi connectivity index (χ4v) is 3.07. The summed E-state index contributed by atoms with van der Waals surface area (Å²) in [6.07, 6.45) is 6.56. The zero-order valence-electron chi connectivity index (χ0n) is 12.8. The van der Waals surface area contributed by atoms with E-state index < -0.39 is 0 Å². The predicted molar refractivity (Wildman–Crippen MR) is 84.2 cm³/mol. The number of nitrogens with one attached hydrogen (secondary N) is 1. The molecule has 3 nitrogen and oxygen atoms in total. The fourth-order valence-electron chi connectivity index (χ4n) is 3.07. The van der Waals surface area contributed by atoms with Gasteiger partial charge in [0.2, 0.25) is 0 Å². The number of phenolic OH excluding ortho intramolecular Hbond substituents is 1. The van der Waals surface area contributed by atoms with Crippen LogP contribution >= 0.6 is 0 Å². The van der Waals surface area contributed by atoms with Crippen molar-refractivity contribution in [2.24, 2.45) is 0 Å². The second-order valence-corrected chi connectivity index (χ2v) is 6.14. The summed E-state index contributed by atoms with van der Waals surface area (Å²) in [5.41, 5.74) is 1.27. The highest BCUT2D eigenvalue weighted by molar-refractivity contribution is 5.26. The van der Waals surface area contributed by atoms with Crippen molar-refractivity contribution >= 4 is 0 Å². The van der Waals surface area contributed by atoms with Crippen LogP contribution in [0, 0.1) is 0 Å². The Morgan fingerprint density at radius 1 is 1.25 bits per heavy atom. The third-order valence-electron chi connectivity index (χ3n) is 4.38. The lowest BCUT2D eigenvalue weighted by Crippen LogP contribution is -2.38. The van der Waals surface area contributed by atoms with Crippen LogP contribution in [0.15, 0.2) is 24.3 Å². The molecule has 1 fully saturated rings. The molecule has 112 valence electrons. The van der Waals surface area contributed by atoms with Crippen molar-refractivity contribution in [2.75, 3.05) is 20.1 Å². The SMILES string of the molecule is CC(Cc1ccc(O)cc1)NCCN(C)C1CCCC1. The maximum Gasteiger partial charge on any atom is 0.115 e. The van der Waals surface area contributed by atoms with Crippen molar-refractivity contribution in [3.63, 3.8) is 0 Å². The Labute approximate surface area is 123 Å². The van der Waals surface area contributed by atoms with Crippen molar-refractivity contribution in [2.45, 2.75) is 51.1 Å². The molecule has 0 spiro atoms. The van der Waals surface area contributed by atoms with Gasteiger partial charge in [-0.05, 0) is 50.9 Å². The van der Waals surface area contributed by atoms with Crippen LogP contribution in [0.4, 0.5) is 0 Å². The van der Waals surface area contributed by atoms with E-state index in [2.05, 4.69) is 24.2 Å². The van der Waals surface area contributed by atoms with Crippen LogP contribution < -0.4 is 5.32 Å². The van der Waals surface area contributed by atoms with E-state index in [1.165, 1.54) is 31.2 Å². The lowest BCUT2D eigenvalue weighted by atomic mass is 10.1. The first-order chi connectivity index (χ1) is 9.65. The summed E-state index contributed by atoms with van der Waals surface area (Å²) in [4.78, 5) is 2.51. The minimum Gasteiger partial charge on any atom is -0.508 e. The fraction of sp³-hybridized carbons (Fsp3) is 0.647. The van der Waals surface area contributed by atoms with E-state index in [4.69, 9.17) is 0 Å². The summed E-state index contributed by atoms with van der Waals surface area (Å²) in [5.74, 6) is 0.340. The quantitative estimate of drug-likeness (QED) is 0.804. The second-order valence-electron chi connectivity index (χ2n) is 6.14. The number of hydrogen-bond acceptors (Lipinski definition) is 3. The molecular weight excluding hydrogens is 248 g/mol. The van der Waals surface area contributed by atoms with Gasteiger partial charge in [0.05, 0.1) is 0 Å². The normalized spacial score (nSPS) is 17.8. The molecule has 0 heterocycles. The molecule has 1 atom stereocenters. The van der Waals surface area contributed by atoms with Gasteiger partial charge in [0.1, 0.15) is 5.75 Å². The highest BCUT2D eigenvalue weighted by Crippen LogP contribution is 2.21. The van der Waals surface area contributed by atoms with Crippen LogP contribution in [0.2, 0.25) is 0 Å². The number of phenols is 1. The third kappa shape index (κ3) is 4.80. The Kier molecular flexibility index (Phi) is 5.86. The van der Waals surface area contributed by atoms with E-state index in [-0.39, 0.29) is 0 Å². The van der Waals surface area contributed by atoms with Gasteiger partial charge in [0.25, 0.3) is 0 Å². The zero-order chi connectivity index (χ0) is 14.4. The first-order valence-corrected chi connectivity index (χ1v) is 7.86. The molecule has 0 aromatic heterocycles. The molecule has 1 aromatic rings. The van der Waals surface area contributed by atoms with E-state index in [1.807, 2.05) is 12.1 Å². The predicted octanol–water partition coefficient (Wildman–Crippen LogP) is 2.79. The number of nitrogens with zero attached hydrogens (tertiary/aromatic N) is 1. The number of hydrogen-bond donors (Lipinski definition) is 2. The van der Waals surface area contributed by atoms with E-state index in [9.17, 15) is 5.11 Å². The Hall–Kier alpha value is -1.06. The van der Waals surface area contributed by atoms with Gasteiger partial charge in [-0.3, -0.25) is 0 Å². The topological polar surface area (TPSA) is 35.5 Å². The minimum absolute atomic E-state index is 0.340. The van der Waals surface area contributed by atoms with Crippen molar-refractivity contribution < 1.29 is 5.11 Å². The molecule has 20 heavy (non-hydrogen) atoms. The van der Waals surface area contributed by atoms with Crippen LogP contribution in [0.5, 0.6) is 5.75 Å². The van der Waals surface area contributed by atoms with E-state index in [1.54, 1.807) is 12.1 Å².